The Morgan fingerprint density at radius 3 is 2.71 bits per heavy atom. The third-order valence-corrected chi connectivity index (χ3v) is 5.19. The lowest BCUT2D eigenvalue weighted by Crippen LogP contribution is -2.48. The van der Waals surface area contributed by atoms with Crippen molar-refractivity contribution in [2.45, 2.75) is 32.8 Å². The van der Waals surface area contributed by atoms with Crippen molar-refractivity contribution >= 4 is 53.1 Å². The molecule has 8 nitrogen and oxygen atoms in total. The summed E-state index contributed by atoms with van der Waals surface area (Å²) >= 11 is 6.09. The van der Waals surface area contributed by atoms with Gasteiger partial charge < -0.3 is 25.8 Å². The molecule has 1 amide bonds. The molecule has 0 radical (unpaired) electrons. The van der Waals surface area contributed by atoms with Gasteiger partial charge in [-0.15, -0.1) is 24.0 Å². The number of guanidine groups is 1. The van der Waals surface area contributed by atoms with Gasteiger partial charge in [0.1, 0.15) is 0 Å². The number of nitrogens with zero attached hydrogens (tertiary/aromatic N) is 2. The number of morpholine rings is 1. The summed E-state index contributed by atoms with van der Waals surface area (Å²) in [6.07, 6.45) is 0.278. The van der Waals surface area contributed by atoms with Crippen molar-refractivity contribution in [3.05, 3.63) is 28.8 Å². The highest BCUT2D eigenvalue weighted by Crippen LogP contribution is 2.22. The number of hydrogen-bond donors (Lipinski definition) is 4. The van der Waals surface area contributed by atoms with Gasteiger partial charge in [-0.2, -0.15) is 0 Å². The minimum Gasteiger partial charge on any atom is -0.387 e. The van der Waals surface area contributed by atoms with Crippen LogP contribution in [0.15, 0.2) is 23.2 Å². The summed E-state index contributed by atoms with van der Waals surface area (Å²) in [6.45, 7) is 10.6. The highest BCUT2D eigenvalue weighted by atomic mass is 127. The molecule has 176 valence electrons. The van der Waals surface area contributed by atoms with E-state index >= 15 is 0 Å². The molecule has 10 heteroatoms. The van der Waals surface area contributed by atoms with Gasteiger partial charge >= 0.3 is 0 Å². The molecular weight excluding hydrogens is 533 g/mol. The average molecular weight is 568 g/mol. The fourth-order valence-corrected chi connectivity index (χ4v) is 3.31. The number of aliphatic hydroxyl groups is 1. The monoisotopic (exact) mass is 567 g/mol. The topological polar surface area (TPSA) is 98.2 Å². The van der Waals surface area contributed by atoms with Crippen LogP contribution < -0.4 is 16.0 Å². The molecule has 1 aromatic carbocycles. The Morgan fingerprint density at radius 2 is 2.03 bits per heavy atom. The largest absolute Gasteiger partial charge is 0.387 e. The predicted molar refractivity (Wildman–Crippen MR) is 137 cm³/mol. The van der Waals surface area contributed by atoms with E-state index in [0.29, 0.717) is 49.5 Å². The zero-order chi connectivity index (χ0) is 22.0. The van der Waals surface area contributed by atoms with Gasteiger partial charge in [0.2, 0.25) is 5.91 Å². The Balaban J connectivity index is 0.00000480. The molecule has 0 aromatic heterocycles. The van der Waals surface area contributed by atoms with Crippen molar-refractivity contribution in [3.63, 3.8) is 0 Å². The first-order valence-corrected chi connectivity index (χ1v) is 10.8. The summed E-state index contributed by atoms with van der Waals surface area (Å²) < 4.78 is 5.35. The summed E-state index contributed by atoms with van der Waals surface area (Å²) in [5.41, 5.74) is 0.617. The lowest BCUT2D eigenvalue weighted by Gasteiger charge is -2.33. The van der Waals surface area contributed by atoms with Crippen LogP contribution in [0, 0.1) is 6.92 Å². The second-order valence-electron chi connectivity index (χ2n) is 7.72. The number of anilines is 1. The number of carbonyl (C=O) groups is 1. The Hall–Kier alpha value is -1.14. The van der Waals surface area contributed by atoms with Crippen molar-refractivity contribution in [1.29, 1.82) is 0 Å². The average Bonchev–Trinajstić information content (AvgIpc) is 2.70. The van der Waals surface area contributed by atoms with Gasteiger partial charge in [-0.05, 0) is 38.5 Å². The summed E-state index contributed by atoms with van der Waals surface area (Å²) in [4.78, 5) is 18.9. The third-order valence-electron chi connectivity index (χ3n) is 4.78. The molecule has 1 atom stereocenters. The first-order chi connectivity index (χ1) is 14.3. The number of nitrogens with one attached hydrogen (secondary N) is 3. The van der Waals surface area contributed by atoms with Crippen LogP contribution in [0.5, 0.6) is 0 Å². The van der Waals surface area contributed by atoms with E-state index in [1.165, 1.54) is 0 Å². The van der Waals surface area contributed by atoms with Gasteiger partial charge in [0.05, 0.1) is 25.4 Å². The van der Waals surface area contributed by atoms with E-state index in [2.05, 4.69) is 25.8 Å². The Bertz CT molecular complexity index is 727. The maximum atomic E-state index is 12.2. The van der Waals surface area contributed by atoms with Crippen LogP contribution >= 0.6 is 35.6 Å². The molecule has 0 bridgehead atoms. The van der Waals surface area contributed by atoms with Crippen molar-refractivity contribution in [2.24, 2.45) is 4.99 Å². The standard InChI is InChI=1S/C21H34ClN5O3.HI/c1-4-23-20(25-14-21(3,29)15-27-10-12-30-13-11-27)24-9-8-19(28)26-18-7-5-6-17(22)16(18)2;/h5-7,29H,4,8-15H2,1-3H3,(H,26,28)(H2,23,24,25);1H. The van der Waals surface area contributed by atoms with Gasteiger partial charge in [0.15, 0.2) is 5.96 Å². The molecule has 0 saturated carbocycles. The number of β-amino-alcohol motifs (C(OH)–C–C–N with tert-alkyl or cyclic N) is 1. The predicted octanol–water partition coefficient (Wildman–Crippen LogP) is 2.23. The van der Waals surface area contributed by atoms with Crippen molar-refractivity contribution in [3.8, 4) is 0 Å². The second kappa shape index (κ2) is 14.1. The Morgan fingerprint density at radius 1 is 1.32 bits per heavy atom. The normalized spacial score (nSPS) is 16.7. The highest BCUT2D eigenvalue weighted by Gasteiger charge is 2.25. The summed E-state index contributed by atoms with van der Waals surface area (Å²) in [5, 5.41) is 20.5. The quantitative estimate of drug-likeness (QED) is 0.208. The molecular formula is C21H35ClIN5O3. The van der Waals surface area contributed by atoms with E-state index in [0.717, 1.165) is 18.7 Å². The maximum absolute atomic E-state index is 12.2. The van der Waals surface area contributed by atoms with Crippen molar-refractivity contribution in [1.82, 2.24) is 15.5 Å². The summed E-state index contributed by atoms with van der Waals surface area (Å²) in [6, 6.07) is 5.43. The third kappa shape index (κ3) is 10.3. The maximum Gasteiger partial charge on any atom is 0.226 e. The van der Waals surface area contributed by atoms with Crippen LogP contribution in [0.25, 0.3) is 0 Å². The first kappa shape index (κ1) is 27.9. The first-order valence-electron chi connectivity index (χ1n) is 10.4. The van der Waals surface area contributed by atoms with Crippen LogP contribution in [0.3, 0.4) is 0 Å². The summed E-state index contributed by atoms with van der Waals surface area (Å²) in [7, 11) is 0. The van der Waals surface area contributed by atoms with Crippen LogP contribution in [0.4, 0.5) is 5.69 Å². The molecule has 2 rings (SSSR count). The lowest BCUT2D eigenvalue weighted by atomic mass is 10.1. The van der Waals surface area contributed by atoms with E-state index in [-0.39, 0.29) is 42.8 Å². The second-order valence-corrected chi connectivity index (χ2v) is 8.13. The van der Waals surface area contributed by atoms with Crippen molar-refractivity contribution in [2.75, 3.05) is 57.8 Å². The zero-order valence-electron chi connectivity index (χ0n) is 18.5. The molecule has 1 saturated heterocycles. The number of rotatable bonds is 9. The molecule has 1 aromatic rings. The number of benzene rings is 1. The van der Waals surface area contributed by atoms with Crippen LogP contribution in [-0.4, -0.2) is 80.0 Å². The van der Waals surface area contributed by atoms with E-state index < -0.39 is 5.60 Å². The number of ether oxygens (including phenoxy) is 1. The Labute approximate surface area is 207 Å². The minimum absolute atomic E-state index is 0. The lowest BCUT2D eigenvalue weighted by molar-refractivity contribution is -0.116. The molecule has 0 spiro atoms. The van der Waals surface area contributed by atoms with Crippen LogP contribution in [-0.2, 0) is 9.53 Å². The summed E-state index contributed by atoms with van der Waals surface area (Å²) in [5.74, 6) is 0.467. The van der Waals surface area contributed by atoms with E-state index in [1.54, 1.807) is 13.0 Å². The van der Waals surface area contributed by atoms with Gasteiger partial charge in [0.25, 0.3) is 0 Å². The SMILES string of the molecule is CCNC(=NCC(C)(O)CN1CCOCC1)NCCC(=O)Nc1cccc(Cl)c1C.I. The fourth-order valence-electron chi connectivity index (χ4n) is 3.13. The van der Waals surface area contributed by atoms with Crippen LogP contribution in [0.2, 0.25) is 5.02 Å². The molecule has 1 unspecified atom stereocenters. The van der Waals surface area contributed by atoms with Crippen LogP contribution in [0.1, 0.15) is 25.8 Å². The highest BCUT2D eigenvalue weighted by molar-refractivity contribution is 14.0. The minimum atomic E-state index is -0.943. The molecule has 0 aliphatic carbocycles. The smallest absolute Gasteiger partial charge is 0.226 e. The van der Waals surface area contributed by atoms with Gasteiger partial charge in [-0.25, -0.2) is 0 Å². The number of carbonyl (C=O) groups excluding carboxylic acids is 1. The molecule has 1 fully saturated rings. The van der Waals surface area contributed by atoms with Crippen molar-refractivity contribution < 1.29 is 14.6 Å². The number of hydrogen-bond acceptors (Lipinski definition) is 5. The molecule has 31 heavy (non-hydrogen) atoms. The Kier molecular flexibility index (Phi) is 12.7. The number of halogens is 2. The number of amides is 1. The molecule has 1 aliphatic heterocycles. The molecule has 1 aliphatic rings. The molecule has 4 N–H and O–H groups in total. The van der Waals surface area contributed by atoms with E-state index in [9.17, 15) is 9.90 Å². The van der Waals surface area contributed by atoms with Gasteiger partial charge in [-0.3, -0.25) is 14.7 Å². The van der Waals surface area contributed by atoms with E-state index in [1.807, 2.05) is 26.0 Å². The van der Waals surface area contributed by atoms with Gasteiger partial charge in [-0.1, -0.05) is 17.7 Å². The zero-order valence-corrected chi connectivity index (χ0v) is 21.6. The van der Waals surface area contributed by atoms with E-state index in [4.69, 9.17) is 16.3 Å². The fraction of sp³-hybridized carbons (Fsp3) is 0.619. The number of aliphatic imine (C=N–C) groups is 1. The van der Waals surface area contributed by atoms with Gasteiger partial charge in [0, 0.05) is 49.9 Å². The molecule has 1 heterocycles.